The molecule has 2 heterocycles. The number of esters is 1. The number of carboxylic acid groups (broad SMARTS) is 1. The van der Waals surface area contributed by atoms with Crippen LogP contribution >= 0.6 is 22.9 Å². The molecule has 0 atom stereocenters. The van der Waals surface area contributed by atoms with Gasteiger partial charge in [0.2, 0.25) is 0 Å². The van der Waals surface area contributed by atoms with Crippen molar-refractivity contribution in [2.45, 2.75) is 26.9 Å². The van der Waals surface area contributed by atoms with E-state index in [1.807, 2.05) is 0 Å². The number of fused-ring (bicyclic) bond motifs is 1. The van der Waals surface area contributed by atoms with Gasteiger partial charge < -0.3 is 19.9 Å². The first-order valence-electron chi connectivity index (χ1n) is 8.55. The van der Waals surface area contributed by atoms with E-state index in [1.54, 1.807) is 20.8 Å². The summed E-state index contributed by atoms with van der Waals surface area (Å²) in [5.41, 5.74) is 1.04. The van der Waals surface area contributed by atoms with Crippen molar-refractivity contribution < 1.29 is 24.2 Å². The number of carbonyl (C=O) groups excluding carboxylic acids is 1. The molecule has 0 saturated heterocycles. The lowest BCUT2D eigenvalue weighted by molar-refractivity contribution is 0.0383. The summed E-state index contributed by atoms with van der Waals surface area (Å²) in [6, 6.07) is 2.78. The molecule has 0 fully saturated rings. The van der Waals surface area contributed by atoms with Crippen molar-refractivity contribution in [1.29, 1.82) is 0 Å². The van der Waals surface area contributed by atoms with E-state index in [2.05, 4.69) is 15.3 Å². The van der Waals surface area contributed by atoms with Gasteiger partial charge in [-0.05, 0) is 32.4 Å². The molecule has 10 heteroatoms. The van der Waals surface area contributed by atoms with Crippen LogP contribution in [-0.2, 0) is 4.74 Å². The van der Waals surface area contributed by atoms with E-state index in [9.17, 15) is 14.7 Å². The molecule has 1 aromatic carbocycles. The predicted octanol–water partition coefficient (Wildman–Crippen LogP) is 4.67. The summed E-state index contributed by atoms with van der Waals surface area (Å²) in [6.45, 7) is 5.35. The second kappa shape index (κ2) is 8.22. The van der Waals surface area contributed by atoms with E-state index in [0.717, 1.165) is 0 Å². The van der Waals surface area contributed by atoms with Crippen LogP contribution in [-0.4, -0.2) is 40.2 Å². The molecular weight excluding hydrogens is 418 g/mol. The zero-order valence-corrected chi connectivity index (χ0v) is 17.6. The maximum Gasteiger partial charge on any atom is 0.348 e. The lowest BCUT2D eigenvalue weighted by Gasteiger charge is -2.12. The van der Waals surface area contributed by atoms with Crippen LogP contribution in [0.25, 0.3) is 10.2 Å². The monoisotopic (exact) mass is 435 g/mol. The molecule has 0 aliphatic heterocycles. The molecule has 2 aromatic heterocycles. The number of aryl methyl sites for hydroxylation is 1. The van der Waals surface area contributed by atoms with Crippen molar-refractivity contribution in [2.24, 2.45) is 0 Å². The van der Waals surface area contributed by atoms with Crippen LogP contribution in [0.1, 0.15) is 39.4 Å². The molecule has 8 nitrogen and oxygen atoms in total. The number of aromatic carboxylic acids is 1. The van der Waals surface area contributed by atoms with Crippen molar-refractivity contribution in [3.8, 4) is 5.75 Å². The zero-order valence-electron chi connectivity index (χ0n) is 16.1. The number of aromatic nitrogens is 2. The number of rotatable bonds is 6. The second-order valence-corrected chi connectivity index (χ2v) is 7.78. The van der Waals surface area contributed by atoms with Crippen molar-refractivity contribution in [1.82, 2.24) is 9.97 Å². The maximum atomic E-state index is 12.4. The summed E-state index contributed by atoms with van der Waals surface area (Å²) < 4.78 is 10.5. The first-order valence-corrected chi connectivity index (χ1v) is 9.75. The van der Waals surface area contributed by atoms with E-state index >= 15 is 0 Å². The van der Waals surface area contributed by atoms with Gasteiger partial charge in [0.25, 0.3) is 0 Å². The first-order chi connectivity index (χ1) is 13.7. The summed E-state index contributed by atoms with van der Waals surface area (Å²) in [5, 5.41) is 13.2. The Kier molecular flexibility index (Phi) is 5.90. The Labute approximate surface area is 175 Å². The number of nitrogens with one attached hydrogen (secondary N) is 1. The molecule has 0 radical (unpaired) electrons. The van der Waals surface area contributed by atoms with Crippen LogP contribution in [0.2, 0.25) is 5.02 Å². The third kappa shape index (κ3) is 4.10. The average molecular weight is 436 g/mol. The smallest absolute Gasteiger partial charge is 0.348 e. The van der Waals surface area contributed by atoms with Crippen molar-refractivity contribution >= 4 is 56.6 Å². The highest BCUT2D eigenvalue weighted by molar-refractivity contribution is 7.20. The summed E-state index contributed by atoms with van der Waals surface area (Å²) in [5.74, 6) is -0.990. The Hall–Kier alpha value is -2.91. The first kappa shape index (κ1) is 20.8. The molecule has 0 aliphatic rings. The van der Waals surface area contributed by atoms with Crippen LogP contribution < -0.4 is 10.1 Å². The number of carboxylic acids is 1. The largest absolute Gasteiger partial charge is 0.496 e. The van der Waals surface area contributed by atoms with Gasteiger partial charge >= 0.3 is 11.9 Å². The van der Waals surface area contributed by atoms with Gasteiger partial charge in [-0.1, -0.05) is 11.6 Å². The number of benzene rings is 1. The van der Waals surface area contributed by atoms with Crippen molar-refractivity contribution in [2.75, 3.05) is 12.4 Å². The Bertz CT molecular complexity index is 1110. The normalized spacial score (nSPS) is 11.0. The lowest BCUT2D eigenvalue weighted by Crippen LogP contribution is -2.11. The van der Waals surface area contributed by atoms with Crippen molar-refractivity contribution in [3.05, 3.63) is 39.5 Å². The highest BCUT2D eigenvalue weighted by Crippen LogP contribution is 2.37. The summed E-state index contributed by atoms with van der Waals surface area (Å²) in [4.78, 5) is 33.3. The van der Waals surface area contributed by atoms with Gasteiger partial charge in [-0.25, -0.2) is 19.6 Å². The van der Waals surface area contributed by atoms with Crippen LogP contribution in [0.4, 0.5) is 11.5 Å². The summed E-state index contributed by atoms with van der Waals surface area (Å²) in [6.07, 6.45) is 1.13. The van der Waals surface area contributed by atoms with E-state index < -0.39 is 11.9 Å². The van der Waals surface area contributed by atoms with Gasteiger partial charge in [-0.15, -0.1) is 11.3 Å². The molecule has 0 aliphatic carbocycles. The molecule has 2 N–H and O–H groups in total. The Morgan fingerprint density at radius 1 is 1.28 bits per heavy atom. The number of halogens is 1. The minimum absolute atomic E-state index is 0.0543. The number of methoxy groups -OCH3 is 1. The highest BCUT2D eigenvalue weighted by Gasteiger charge is 2.22. The number of thiophene rings is 1. The third-order valence-corrected chi connectivity index (χ3v) is 5.52. The van der Waals surface area contributed by atoms with Gasteiger partial charge in [-0.3, -0.25) is 0 Å². The SMILES string of the molecule is COc1cc(Nc2ncnc3sc(C(=O)OC(C)C)c(C)c23)c(Cl)cc1C(=O)O. The summed E-state index contributed by atoms with van der Waals surface area (Å²) >= 11 is 7.48. The van der Waals surface area contributed by atoms with E-state index in [0.29, 0.717) is 32.2 Å². The van der Waals surface area contributed by atoms with E-state index in [-0.39, 0.29) is 22.4 Å². The van der Waals surface area contributed by atoms with Crippen LogP contribution in [0.5, 0.6) is 5.75 Å². The maximum absolute atomic E-state index is 12.4. The molecule has 0 amide bonds. The number of hydrogen-bond donors (Lipinski definition) is 2. The van der Waals surface area contributed by atoms with E-state index in [1.165, 1.54) is 36.9 Å². The number of anilines is 2. The minimum atomic E-state index is -1.15. The minimum Gasteiger partial charge on any atom is -0.496 e. The second-order valence-electron chi connectivity index (χ2n) is 6.38. The van der Waals surface area contributed by atoms with Gasteiger partial charge in [0.15, 0.2) is 0 Å². The molecular formula is C19H18ClN3O5S. The van der Waals surface area contributed by atoms with E-state index in [4.69, 9.17) is 21.1 Å². The Morgan fingerprint density at radius 3 is 2.62 bits per heavy atom. The predicted molar refractivity (Wildman–Crippen MR) is 111 cm³/mol. The zero-order chi connectivity index (χ0) is 21.3. The Morgan fingerprint density at radius 2 is 2.00 bits per heavy atom. The number of hydrogen-bond acceptors (Lipinski definition) is 8. The fourth-order valence-electron chi connectivity index (χ4n) is 2.74. The molecule has 152 valence electrons. The standard InChI is InChI=1S/C19H18ClN3O5S/c1-8(2)28-19(26)15-9(3)14-16(21-7-22-17(14)29-15)23-12-6-13(27-4)10(18(24)25)5-11(12)20/h5-8H,1-4H3,(H,24,25)(H,21,22,23). The van der Waals surface area contributed by atoms with Crippen molar-refractivity contribution in [3.63, 3.8) is 0 Å². The number of nitrogens with zero attached hydrogens (tertiary/aromatic N) is 2. The van der Waals surface area contributed by atoms with Gasteiger partial charge in [0.1, 0.15) is 33.2 Å². The lowest BCUT2D eigenvalue weighted by atomic mass is 10.1. The Balaban J connectivity index is 2.07. The topological polar surface area (TPSA) is 111 Å². The molecule has 0 unspecified atom stereocenters. The third-order valence-electron chi connectivity index (χ3n) is 4.03. The molecule has 0 bridgehead atoms. The fourth-order valence-corrected chi connectivity index (χ4v) is 3.98. The fraction of sp³-hybridized carbons (Fsp3) is 0.263. The molecule has 0 saturated carbocycles. The molecule has 29 heavy (non-hydrogen) atoms. The quantitative estimate of drug-likeness (QED) is 0.537. The number of ether oxygens (including phenoxy) is 2. The molecule has 3 aromatic rings. The average Bonchev–Trinajstić information content (AvgIpc) is 3.00. The van der Waals surface area contributed by atoms with Crippen LogP contribution in [0.15, 0.2) is 18.5 Å². The van der Waals surface area contributed by atoms with Gasteiger partial charge in [0, 0.05) is 6.07 Å². The number of carbonyl (C=O) groups is 2. The van der Waals surface area contributed by atoms with Gasteiger partial charge in [-0.2, -0.15) is 0 Å². The van der Waals surface area contributed by atoms with Crippen LogP contribution in [0.3, 0.4) is 0 Å². The molecule has 0 spiro atoms. The van der Waals surface area contributed by atoms with Gasteiger partial charge in [0.05, 0.1) is 29.3 Å². The van der Waals surface area contributed by atoms with Crippen LogP contribution in [0, 0.1) is 6.92 Å². The summed E-state index contributed by atoms with van der Waals surface area (Å²) in [7, 11) is 1.37. The molecule has 3 rings (SSSR count). The highest BCUT2D eigenvalue weighted by atomic mass is 35.5.